The Morgan fingerprint density at radius 2 is 0.824 bits per heavy atom. The van der Waals surface area contributed by atoms with Crippen LogP contribution in [0.2, 0.25) is 0 Å². The Kier molecular flexibility index (Phi) is 12.6. The maximum Gasteiger partial charge on any atom is 0.252 e. The van der Waals surface area contributed by atoms with Gasteiger partial charge in [-0.15, -0.1) is 0 Å². The minimum absolute atomic E-state index is 0.0161. The van der Waals surface area contributed by atoms with Crippen molar-refractivity contribution in [2.75, 3.05) is 14.7 Å². The highest BCUT2D eigenvalue weighted by molar-refractivity contribution is 7.00. The van der Waals surface area contributed by atoms with Gasteiger partial charge in [0.1, 0.15) is 0 Å². The zero-order valence-electron chi connectivity index (χ0n) is 54.4. The van der Waals surface area contributed by atoms with Crippen molar-refractivity contribution in [1.29, 1.82) is 0 Å². The van der Waals surface area contributed by atoms with Crippen LogP contribution in [0.5, 0.6) is 0 Å². The monoisotopic (exact) mass is 1110 g/mol. The van der Waals surface area contributed by atoms with E-state index in [0.717, 1.165) is 23.5 Å². The van der Waals surface area contributed by atoms with Crippen molar-refractivity contribution in [3.05, 3.63) is 237 Å². The van der Waals surface area contributed by atoms with Gasteiger partial charge in [-0.1, -0.05) is 215 Å². The summed E-state index contributed by atoms with van der Waals surface area (Å²) in [6, 6.07) is 69.3. The number of anilines is 9. The summed E-state index contributed by atoms with van der Waals surface area (Å²) in [5, 5.41) is 0. The van der Waals surface area contributed by atoms with Crippen LogP contribution in [0.1, 0.15) is 185 Å². The van der Waals surface area contributed by atoms with Gasteiger partial charge >= 0.3 is 0 Å². The summed E-state index contributed by atoms with van der Waals surface area (Å²) < 4.78 is 0. The summed E-state index contributed by atoms with van der Waals surface area (Å²) in [6.45, 7) is 45.2. The Balaban J connectivity index is 1.14. The fourth-order valence-electron chi connectivity index (χ4n) is 15.8. The summed E-state index contributed by atoms with van der Waals surface area (Å²) in [5.41, 5.74) is 31.8. The number of hydrogen-bond donors (Lipinski definition) is 0. The lowest BCUT2D eigenvalue weighted by Gasteiger charge is -2.47. The number of nitrogens with zero attached hydrogens (tertiary/aromatic N) is 3. The summed E-state index contributed by atoms with van der Waals surface area (Å²) in [4.78, 5) is 7.89. The molecule has 0 unspecified atom stereocenters. The summed E-state index contributed by atoms with van der Waals surface area (Å²) in [5.74, 6) is 0. The molecule has 2 heterocycles. The quantitative estimate of drug-likeness (QED) is 0.154. The van der Waals surface area contributed by atoms with Gasteiger partial charge < -0.3 is 14.7 Å². The molecule has 3 nitrogen and oxygen atoms in total. The number of rotatable bonds is 6. The third kappa shape index (κ3) is 8.96. The smallest absolute Gasteiger partial charge is 0.252 e. The second-order valence-electron chi connectivity index (χ2n) is 31.2. The SMILES string of the molecule is Cc1cc2c3c(c1)N(c1ccc(C(C)(C)C)cc1-c1ccccc1)c1ccc(N(c4ccc(C(C)(C)C)cc4)c4ccc(C(C)(C)C)cc4)cc1B3c1cc3c(cc1N2c1cc2c(cc1C)C(C)(C)c1ccccc1C2(C)C)C(C)(C)CC3(C)C. The normalized spacial score (nSPS) is 16.7. The molecule has 0 fully saturated rings. The van der Waals surface area contributed by atoms with Crippen LogP contribution in [0, 0.1) is 13.8 Å². The number of hydrogen-bond acceptors (Lipinski definition) is 3. The molecule has 9 aromatic rings. The Morgan fingerprint density at radius 1 is 0.376 bits per heavy atom. The van der Waals surface area contributed by atoms with Gasteiger partial charge in [-0.25, -0.2) is 0 Å². The third-order valence-electron chi connectivity index (χ3n) is 20.3. The van der Waals surface area contributed by atoms with Gasteiger partial charge in [0.15, 0.2) is 0 Å². The van der Waals surface area contributed by atoms with E-state index in [2.05, 4.69) is 322 Å². The van der Waals surface area contributed by atoms with Crippen molar-refractivity contribution in [3.63, 3.8) is 0 Å². The van der Waals surface area contributed by atoms with Gasteiger partial charge in [0, 0.05) is 61.9 Å². The van der Waals surface area contributed by atoms with Crippen molar-refractivity contribution in [1.82, 2.24) is 0 Å². The average molecular weight is 1110 g/mol. The molecule has 0 bridgehead atoms. The van der Waals surface area contributed by atoms with Crippen LogP contribution in [-0.4, -0.2) is 6.71 Å². The van der Waals surface area contributed by atoms with Gasteiger partial charge in [0.05, 0.1) is 5.69 Å². The Bertz CT molecular complexity index is 4110. The molecule has 0 N–H and O–H groups in total. The molecule has 4 heteroatoms. The van der Waals surface area contributed by atoms with Crippen LogP contribution >= 0.6 is 0 Å². The maximum absolute atomic E-state index is 2.73. The van der Waals surface area contributed by atoms with Gasteiger partial charge in [-0.3, -0.25) is 0 Å². The molecule has 9 aromatic carbocycles. The standard InChI is InChI=1S/C81H88BN3/c1-50-41-72-74-73(42-50)85(70-48-65-64(43-51(70)2)80(16,17)60-27-23-24-28-61(60)81(65,18)19)71-47-63-62(78(12,13)49-79(63,14)15)46-67(71)82(74)66-45-58(83(56-34-29-53(30-35-56)75(3,4)5)57-36-31-54(32-37-57)76(6,7)8)38-40-69(66)84(72)68-39-33-55(77(9,10)11)44-59(68)52-25-21-20-22-26-52/h20-48H,49H2,1-19H3. The molecule has 13 rings (SSSR count). The lowest BCUT2D eigenvalue weighted by Crippen LogP contribution is -2.61. The fraction of sp³-hybridized carbons (Fsp3) is 0.333. The molecule has 0 atom stereocenters. The van der Waals surface area contributed by atoms with E-state index in [0.29, 0.717) is 0 Å². The second kappa shape index (κ2) is 19.0. The zero-order chi connectivity index (χ0) is 60.5. The molecular formula is C81H88BN3. The summed E-state index contributed by atoms with van der Waals surface area (Å²) in [6.07, 6.45) is 1.08. The molecule has 2 aliphatic carbocycles. The van der Waals surface area contributed by atoms with Crippen LogP contribution in [0.3, 0.4) is 0 Å². The maximum atomic E-state index is 2.73. The molecule has 0 amide bonds. The molecule has 0 aromatic heterocycles. The van der Waals surface area contributed by atoms with Crippen molar-refractivity contribution in [2.45, 2.75) is 176 Å². The number of fused-ring (bicyclic) bond motifs is 7. The van der Waals surface area contributed by atoms with Crippen molar-refractivity contribution < 1.29 is 0 Å². The first kappa shape index (κ1) is 56.6. The topological polar surface area (TPSA) is 9.72 Å². The van der Waals surface area contributed by atoms with Crippen LogP contribution in [0.25, 0.3) is 11.1 Å². The van der Waals surface area contributed by atoms with Gasteiger partial charge in [0.2, 0.25) is 0 Å². The molecule has 430 valence electrons. The van der Waals surface area contributed by atoms with E-state index in [1.807, 2.05) is 0 Å². The molecule has 4 aliphatic rings. The highest BCUT2D eigenvalue weighted by Crippen LogP contribution is 2.56. The first-order valence-electron chi connectivity index (χ1n) is 31.4. The van der Waals surface area contributed by atoms with Crippen LogP contribution < -0.4 is 31.1 Å². The zero-order valence-corrected chi connectivity index (χ0v) is 54.4. The minimum Gasteiger partial charge on any atom is -0.311 e. The Morgan fingerprint density at radius 3 is 1.36 bits per heavy atom. The number of aryl methyl sites for hydroxylation is 2. The van der Waals surface area contributed by atoms with Crippen LogP contribution in [0.4, 0.5) is 51.2 Å². The van der Waals surface area contributed by atoms with E-state index in [4.69, 9.17) is 0 Å². The molecule has 2 aliphatic heterocycles. The molecule has 0 saturated heterocycles. The second-order valence-corrected chi connectivity index (χ2v) is 31.2. The fourth-order valence-corrected chi connectivity index (χ4v) is 15.8. The third-order valence-corrected chi connectivity index (χ3v) is 20.3. The predicted octanol–water partition coefficient (Wildman–Crippen LogP) is 20.3. The Hall–Kier alpha value is -7.56. The van der Waals surface area contributed by atoms with Crippen LogP contribution in [0.15, 0.2) is 176 Å². The number of benzene rings is 9. The first-order chi connectivity index (χ1) is 39.9. The lowest BCUT2D eigenvalue weighted by molar-refractivity contribution is 0.403. The van der Waals surface area contributed by atoms with E-state index in [1.54, 1.807) is 0 Å². The van der Waals surface area contributed by atoms with Crippen LogP contribution in [-0.2, 0) is 37.9 Å². The van der Waals surface area contributed by atoms with E-state index < -0.39 is 0 Å². The highest BCUT2D eigenvalue weighted by Gasteiger charge is 2.50. The minimum atomic E-state index is -0.230. The molecule has 0 radical (unpaired) electrons. The summed E-state index contributed by atoms with van der Waals surface area (Å²) >= 11 is 0. The molecular weight excluding hydrogens is 1030 g/mol. The van der Waals surface area contributed by atoms with Crippen molar-refractivity contribution in [3.8, 4) is 11.1 Å². The highest BCUT2D eigenvalue weighted by atomic mass is 15.2. The molecule has 0 spiro atoms. The summed E-state index contributed by atoms with van der Waals surface area (Å²) in [7, 11) is 0. The van der Waals surface area contributed by atoms with Crippen molar-refractivity contribution in [2.24, 2.45) is 0 Å². The largest absolute Gasteiger partial charge is 0.311 e. The van der Waals surface area contributed by atoms with E-state index in [1.165, 1.54) is 123 Å². The van der Waals surface area contributed by atoms with E-state index >= 15 is 0 Å². The van der Waals surface area contributed by atoms with Gasteiger partial charge in [0.25, 0.3) is 6.71 Å². The predicted molar refractivity (Wildman–Crippen MR) is 368 cm³/mol. The molecule has 85 heavy (non-hydrogen) atoms. The average Bonchev–Trinajstić information content (AvgIpc) is 2.04. The lowest BCUT2D eigenvalue weighted by atomic mass is 9.33. The van der Waals surface area contributed by atoms with Gasteiger partial charge in [-0.05, 0) is 209 Å². The first-order valence-corrected chi connectivity index (χ1v) is 31.4. The van der Waals surface area contributed by atoms with E-state index in [-0.39, 0.29) is 44.6 Å². The molecule has 0 saturated carbocycles. The van der Waals surface area contributed by atoms with Crippen molar-refractivity contribution >= 4 is 74.3 Å². The van der Waals surface area contributed by atoms with E-state index in [9.17, 15) is 0 Å². The Labute approximate surface area is 510 Å². The van der Waals surface area contributed by atoms with Gasteiger partial charge in [-0.2, -0.15) is 0 Å².